The molecule has 0 spiro atoms. The van der Waals surface area contributed by atoms with Gasteiger partial charge in [0.25, 0.3) is 5.91 Å². The molecule has 40 heavy (non-hydrogen) atoms. The maximum atomic E-state index is 13.5. The summed E-state index contributed by atoms with van der Waals surface area (Å²) in [6.45, 7) is 1.97. The predicted molar refractivity (Wildman–Crippen MR) is 142 cm³/mol. The molecule has 0 unspecified atom stereocenters. The van der Waals surface area contributed by atoms with Crippen LogP contribution < -0.4 is 10.1 Å². The van der Waals surface area contributed by atoms with E-state index >= 15 is 0 Å². The number of ketones is 1. The van der Waals surface area contributed by atoms with Gasteiger partial charge < -0.3 is 10.1 Å². The van der Waals surface area contributed by atoms with E-state index in [-0.39, 0.29) is 28.8 Å². The summed E-state index contributed by atoms with van der Waals surface area (Å²) in [6.07, 6.45) is 4.33. The SMILES string of the molecule is O=C(Nc1ccc(Oc2ccc(F)cc2)nc1)c1ccc(CN2CCC(C(=O)c3ccc(F)c(F)c3)CC2)cn1. The van der Waals surface area contributed by atoms with E-state index in [0.717, 1.165) is 17.7 Å². The van der Waals surface area contributed by atoms with Crippen molar-refractivity contribution in [2.24, 2.45) is 5.92 Å². The van der Waals surface area contributed by atoms with E-state index in [9.17, 15) is 22.8 Å². The van der Waals surface area contributed by atoms with Crippen LogP contribution in [0.15, 0.2) is 79.1 Å². The molecule has 2 aromatic carbocycles. The number of amides is 1. The molecule has 10 heteroatoms. The van der Waals surface area contributed by atoms with Crippen LogP contribution in [0.2, 0.25) is 0 Å². The Morgan fingerprint density at radius 2 is 1.65 bits per heavy atom. The van der Waals surface area contributed by atoms with Crippen LogP contribution in [0, 0.1) is 23.4 Å². The fourth-order valence-electron chi connectivity index (χ4n) is 4.48. The first-order valence-electron chi connectivity index (χ1n) is 12.7. The Bertz CT molecular complexity index is 1490. The van der Waals surface area contributed by atoms with Gasteiger partial charge in [0.15, 0.2) is 17.4 Å². The molecule has 204 valence electrons. The first kappa shape index (κ1) is 27.0. The van der Waals surface area contributed by atoms with Gasteiger partial charge in [0.2, 0.25) is 5.88 Å². The number of carbonyl (C=O) groups excluding carboxylic acids is 2. The van der Waals surface area contributed by atoms with Crippen LogP contribution in [0.5, 0.6) is 11.6 Å². The van der Waals surface area contributed by atoms with E-state index < -0.39 is 17.5 Å². The van der Waals surface area contributed by atoms with Gasteiger partial charge in [-0.05, 0) is 86.1 Å². The topological polar surface area (TPSA) is 84.4 Å². The van der Waals surface area contributed by atoms with Crippen LogP contribution in [-0.2, 0) is 6.54 Å². The van der Waals surface area contributed by atoms with Gasteiger partial charge >= 0.3 is 0 Å². The van der Waals surface area contributed by atoms with Gasteiger partial charge in [0, 0.05) is 30.3 Å². The number of ether oxygens (including phenoxy) is 1. The van der Waals surface area contributed by atoms with Crippen molar-refractivity contribution in [1.82, 2.24) is 14.9 Å². The van der Waals surface area contributed by atoms with Crippen molar-refractivity contribution in [2.45, 2.75) is 19.4 Å². The summed E-state index contributed by atoms with van der Waals surface area (Å²) in [6, 6.07) is 15.5. The number of hydrogen-bond donors (Lipinski definition) is 1. The minimum absolute atomic E-state index is 0.166. The van der Waals surface area contributed by atoms with E-state index in [2.05, 4.69) is 20.2 Å². The molecule has 1 saturated heterocycles. The summed E-state index contributed by atoms with van der Waals surface area (Å²) in [5.41, 5.74) is 1.82. The van der Waals surface area contributed by atoms with Crippen molar-refractivity contribution in [3.8, 4) is 11.6 Å². The lowest BCUT2D eigenvalue weighted by Crippen LogP contribution is -2.36. The fraction of sp³-hybridized carbons (Fsp3) is 0.200. The molecule has 4 aromatic rings. The van der Waals surface area contributed by atoms with Crippen LogP contribution in [-0.4, -0.2) is 39.6 Å². The molecule has 7 nitrogen and oxygen atoms in total. The molecule has 5 rings (SSSR count). The molecular formula is C30H25F3N4O3. The van der Waals surface area contributed by atoms with Crippen LogP contribution in [0.1, 0.15) is 39.3 Å². The standard InChI is InChI=1S/C30H25F3N4O3/c31-22-3-6-24(7-4-22)40-28-10-5-23(17-35-28)36-30(39)27-9-1-19(16-34-27)18-37-13-11-20(12-14-37)29(38)21-2-8-25(32)26(33)15-21/h1-10,15-17,20H,11-14,18H2,(H,36,39). The van der Waals surface area contributed by atoms with Crippen molar-refractivity contribution in [3.05, 3.63) is 113 Å². The normalized spacial score (nSPS) is 14.1. The van der Waals surface area contributed by atoms with Gasteiger partial charge in [-0.1, -0.05) is 6.07 Å². The van der Waals surface area contributed by atoms with E-state index in [1.807, 2.05) is 6.07 Å². The van der Waals surface area contributed by atoms with Crippen LogP contribution >= 0.6 is 0 Å². The number of aromatic nitrogens is 2. The second-order valence-corrected chi connectivity index (χ2v) is 9.49. The molecule has 1 N–H and O–H groups in total. The first-order chi connectivity index (χ1) is 19.3. The minimum atomic E-state index is -1.02. The number of carbonyl (C=O) groups is 2. The van der Waals surface area contributed by atoms with Crippen molar-refractivity contribution in [1.29, 1.82) is 0 Å². The zero-order valence-corrected chi connectivity index (χ0v) is 21.3. The molecule has 2 aromatic heterocycles. The van der Waals surface area contributed by atoms with Crippen molar-refractivity contribution in [2.75, 3.05) is 18.4 Å². The maximum absolute atomic E-state index is 13.5. The molecule has 0 aliphatic carbocycles. The number of Topliss-reactive ketones (excluding diaryl/α,β-unsaturated/α-hetero) is 1. The van der Waals surface area contributed by atoms with Gasteiger partial charge in [-0.3, -0.25) is 19.5 Å². The quantitative estimate of drug-likeness (QED) is 0.272. The molecule has 1 fully saturated rings. The number of nitrogens with zero attached hydrogens (tertiary/aromatic N) is 3. The molecule has 1 amide bonds. The second kappa shape index (κ2) is 12.1. The number of piperidine rings is 1. The number of hydrogen-bond acceptors (Lipinski definition) is 6. The van der Waals surface area contributed by atoms with Crippen molar-refractivity contribution < 1.29 is 27.5 Å². The Kier molecular flexibility index (Phi) is 8.16. The van der Waals surface area contributed by atoms with E-state index in [1.54, 1.807) is 24.4 Å². The minimum Gasteiger partial charge on any atom is -0.439 e. The number of pyridine rings is 2. The van der Waals surface area contributed by atoms with Gasteiger partial charge in [0.05, 0.1) is 11.9 Å². The average Bonchev–Trinajstić information content (AvgIpc) is 2.97. The molecule has 0 atom stereocenters. The molecule has 0 saturated carbocycles. The molecular weight excluding hydrogens is 521 g/mol. The van der Waals surface area contributed by atoms with Gasteiger partial charge in [0.1, 0.15) is 17.3 Å². The number of benzene rings is 2. The van der Waals surface area contributed by atoms with Crippen LogP contribution in [0.3, 0.4) is 0 Å². The summed E-state index contributed by atoms with van der Waals surface area (Å²) in [4.78, 5) is 35.9. The summed E-state index contributed by atoms with van der Waals surface area (Å²) < 4.78 is 45.3. The third kappa shape index (κ3) is 6.70. The third-order valence-corrected chi connectivity index (χ3v) is 6.66. The summed E-state index contributed by atoms with van der Waals surface area (Å²) >= 11 is 0. The Hall–Kier alpha value is -4.57. The second-order valence-electron chi connectivity index (χ2n) is 9.49. The Labute approximate surface area is 228 Å². The molecule has 0 bridgehead atoms. The number of likely N-dealkylation sites (tertiary alicyclic amines) is 1. The van der Waals surface area contributed by atoms with E-state index in [4.69, 9.17) is 4.74 Å². The molecule has 3 heterocycles. The lowest BCUT2D eigenvalue weighted by Gasteiger charge is -2.31. The van der Waals surface area contributed by atoms with E-state index in [1.165, 1.54) is 36.5 Å². The Morgan fingerprint density at radius 1 is 0.875 bits per heavy atom. The highest BCUT2D eigenvalue weighted by Crippen LogP contribution is 2.24. The summed E-state index contributed by atoms with van der Waals surface area (Å²) in [7, 11) is 0. The highest BCUT2D eigenvalue weighted by atomic mass is 19.2. The highest BCUT2D eigenvalue weighted by Gasteiger charge is 2.26. The van der Waals surface area contributed by atoms with E-state index in [0.29, 0.717) is 49.8 Å². The molecule has 1 aliphatic rings. The van der Waals surface area contributed by atoms with Gasteiger partial charge in [-0.25, -0.2) is 18.2 Å². The number of rotatable bonds is 8. The number of halogens is 3. The molecule has 1 aliphatic heterocycles. The lowest BCUT2D eigenvalue weighted by atomic mass is 9.88. The van der Waals surface area contributed by atoms with Gasteiger partial charge in [-0.2, -0.15) is 0 Å². The first-order valence-corrected chi connectivity index (χ1v) is 12.7. The summed E-state index contributed by atoms with van der Waals surface area (Å²) in [5, 5.41) is 2.74. The number of nitrogens with one attached hydrogen (secondary N) is 1. The Balaban J connectivity index is 1.09. The zero-order chi connectivity index (χ0) is 28.1. The fourth-order valence-corrected chi connectivity index (χ4v) is 4.48. The smallest absolute Gasteiger partial charge is 0.274 e. The Morgan fingerprint density at radius 3 is 2.30 bits per heavy atom. The number of anilines is 1. The molecule has 0 radical (unpaired) electrons. The zero-order valence-electron chi connectivity index (χ0n) is 21.3. The highest BCUT2D eigenvalue weighted by molar-refractivity contribution is 6.02. The largest absolute Gasteiger partial charge is 0.439 e. The van der Waals surface area contributed by atoms with Crippen molar-refractivity contribution in [3.63, 3.8) is 0 Å². The van der Waals surface area contributed by atoms with Crippen LogP contribution in [0.4, 0.5) is 18.9 Å². The maximum Gasteiger partial charge on any atom is 0.274 e. The van der Waals surface area contributed by atoms with Crippen LogP contribution in [0.25, 0.3) is 0 Å². The predicted octanol–water partition coefficient (Wildman–Crippen LogP) is 6.03. The lowest BCUT2D eigenvalue weighted by molar-refractivity contribution is 0.0834. The summed E-state index contributed by atoms with van der Waals surface area (Å²) in [5.74, 6) is -2.41. The van der Waals surface area contributed by atoms with Crippen molar-refractivity contribution >= 4 is 17.4 Å². The third-order valence-electron chi connectivity index (χ3n) is 6.66. The monoisotopic (exact) mass is 546 g/mol. The average molecular weight is 547 g/mol. The van der Waals surface area contributed by atoms with Gasteiger partial charge in [-0.15, -0.1) is 0 Å².